The molecular weight excluding hydrogens is 615 g/mol. The van der Waals surface area contributed by atoms with E-state index in [2.05, 4.69) is 183 Å². The molecule has 1 nitrogen and oxygen atoms in total. The van der Waals surface area contributed by atoms with Gasteiger partial charge in [0, 0.05) is 11.9 Å². The van der Waals surface area contributed by atoms with E-state index in [4.69, 9.17) is 0 Å². The van der Waals surface area contributed by atoms with E-state index in [1.807, 2.05) is 18.2 Å². The molecule has 0 bridgehead atoms. The summed E-state index contributed by atoms with van der Waals surface area (Å²) in [5.74, 6) is 0. The maximum Gasteiger partial charge on any atom is 0.0725 e. The van der Waals surface area contributed by atoms with Gasteiger partial charge < -0.3 is 5.32 Å². The summed E-state index contributed by atoms with van der Waals surface area (Å²) in [6.07, 6.45) is 30.1. The smallest absolute Gasteiger partial charge is 0.0725 e. The molecule has 0 radical (unpaired) electrons. The highest BCUT2D eigenvalue weighted by Crippen LogP contribution is 2.61. The molecule has 0 amide bonds. The Labute approximate surface area is 303 Å². The Hall–Kier alpha value is -5.92. The third kappa shape index (κ3) is 6.10. The van der Waals surface area contributed by atoms with Gasteiger partial charge in [-0.3, -0.25) is 0 Å². The molecule has 1 N–H and O–H groups in total. The minimum Gasteiger partial charge on any atom is -0.362 e. The molecule has 0 aliphatic heterocycles. The number of hydrogen-bond acceptors (Lipinski definition) is 1. The second-order valence-corrected chi connectivity index (χ2v) is 13.1. The molecule has 5 aromatic carbocycles. The molecule has 0 saturated carbocycles. The van der Waals surface area contributed by atoms with Crippen molar-refractivity contribution in [1.82, 2.24) is 0 Å². The SMILES string of the molecule is C=C/C=C\C=C/c1ccccc1C1(C2=C(CCC)CCC=C2)C(/C=C/Nc2ccccc2)=C(/C=C\C=C)c2c1c1ccccc1c1ccccc21. The van der Waals surface area contributed by atoms with E-state index in [9.17, 15) is 0 Å². The lowest BCUT2D eigenvalue weighted by Gasteiger charge is -2.40. The van der Waals surface area contributed by atoms with Gasteiger partial charge in [0.2, 0.25) is 0 Å². The Morgan fingerprint density at radius 1 is 0.686 bits per heavy atom. The highest BCUT2D eigenvalue weighted by Gasteiger charge is 2.50. The molecule has 1 unspecified atom stereocenters. The largest absolute Gasteiger partial charge is 0.362 e. The predicted octanol–water partition coefficient (Wildman–Crippen LogP) is 13.6. The molecule has 0 fully saturated rings. The van der Waals surface area contributed by atoms with E-state index >= 15 is 0 Å². The second kappa shape index (κ2) is 15.3. The summed E-state index contributed by atoms with van der Waals surface area (Å²) in [6.45, 7) is 10.3. The summed E-state index contributed by atoms with van der Waals surface area (Å²) < 4.78 is 0. The van der Waals surface area contributed by atoms with Crippen molar-refractivity contribution in [2.24, 2.45) is 0 Å². The van der Waals surface area contributed by atoms with E-state index in [-0.39, 0.29) is 0 Å². The minimum absolute atomic E-state index is 0.626. The lowest BCUT2D eigenvalue weighted by Crippen LogP contribution is -2.33. The number of allylic oxidation sites excluding steroid dienone is 14. The van der Waals surface area contributed by atoms with Crippen LogP contribution in [0.2, 0.25) is 0 Å². The Morgan fingerprint density at radius 2 is 1.37 bits per heavy atom. The fourth-order valence-electron chi connectivity index (χ4n) is 8.24. The lowest BCUT2D eigenvalue weighted by molar-refractivity contribution is 0.705. The van der Waals surface area contributed by atoms with Crippen molar-refractivity contribution >= 4 is 38.9 Å². The molecule has 250 valence electrons. The normalized spacial score (nSPS) is 17.6. The van der Waals surface area contributed by atoms with Crippen LogP contribution in [0.4, 0.5) is 5.69 Å². The second-order valence-electron chi connectivity index (χ2n) is 13.1. The van der Waals surface area contributed by atoms with Gasteiger partial charge in [0.1, 0.15) is 0 Å². The molecule has 0 heterocycles. The van der Waals surface area contributed by atoms with Crippen LogP contribution < -0.4 is 5.32 Å². The average molecular weight is 660 g/mol. The van der Waals surface area contributed by atoms with Crippen LogP contribution in [0.1, 0.15) is 54.9 Å². The maximum atomic E-state index is 4.12. The molecular formula is C50H45N. The van der Waals surface area contributed by atoms with Gasteiger partial charge in [-0.05, 0) is 98.0 Å². The lowest BCUT2D eigenvalue weighted by atomic mass is 9.61. The van der Waals surface area contributed by atoms with Gasteiger partial charge in [-0.1, -0.05) is 184 Å². The third-order valence-corrected chi connectivity index (χ3v) is 10.2. The van der Waals surface area contributed by atoms with Gasteiger partial charge in [-0.2, -0.15) is 0 Å². The van der Waals surface area contributed by atoms with Gasteiger partial charge in [0.05, 0.1) is 5.41 Å². The average Bonchev–Trinajstić information content (AvgIpc) is 3.47. The zero-order valence-electron chi connectivity index (χ0n) is 29.5. The fourth-order valence-corrected chi connectivity index (χ4v) is 8.24. The number of hydrogen-bond donors (Lipinski definition) is 1. The van der Waals surface area contributed by atoms with Gasteiger partial charge in [-0.15, -0.1) is 0 Å². The highest BCUT2D eigenvalue weighted by molar-refractivity contribution is 6.18. The molecule has 0 aromatic heterocycles. The Bertz CT molecular complexity index is 2320. The molecule has 2 aliphatic carbocycles. The zero-order valence-corrected chi connectivity index (χ0v) is 29.5. The number of fused-ring (bicyclic) bond motifs is 6. The Morgan fingerprint density at radius 3 is 2.14 bits per heavy atom. The molecule has 2 aliphatic rings. The molecule has 1 heteroatoms. The summed E-state index contributed by atoms with van der Waals surface area (Å²) >= 11 is 0. The van der Waals surface area contributed by atoms with Crippen molar-refractivity contribution < 1.29 is 0 Å². The first-order chi connectivity index (χ1) is 25.2. The zero-order chi connectivity index (χ0) is 35.0. The van der Waals surface area contributed by atoms with Crippen LogP contribution in [0.25, 0.3) is 33.2 Å². The van der Waals surface area contributed by atoms with E-state index < -0.39 is 5.41 Å². The van der Waals surface area contributed by atoms with Crippen LogP contribution in [0.3, 0.4) is 0 Å². The summed E-state index contributed by atoms with van der Waals surface area (Å²) in [7, 11) is 0. The quantitative estimate of drug-likeness (QED) is 0.104. The first-order valence-electron chi connectivity index (χ1n) is 18.1. The van der Waals surface area contributed by atoms with Gasteiger partial charge in [0.25, 0.3) is 0 Å². The summed E-state index contributed by atoms with van der Waals surface area (Å²) in [4.78, 5) is 0. The summed E-state index contributed by atoms with van der Waals surface area (Å²) in [5.41, 5.74) is 10.9. The third-order valence-electron chi connectivity index (χ3n) is 10.2. The van der Waals surface area contributed by atoms with E-state index in [0.717, 1.165) is 31.4 Å². The van der Waals surface area contributed by atoms with E-state index in [1.54, 1.807) is 0 Å². The maximum absolute atomic E-state index is 4.12. The van der Waals surface area contributed by atoms with Crippen LogP contribution in [0.15, 0.2) is 200 Å². The monoisotopic (exact) mass is 659 g/mol. The molecule has 7 rings (SSSR count). The van der Waals surface area contributed by atoms with Crippen LogP contribution in [-0.2, 0) is 5.41 Å². The number of rotatable bonds is 12. The first kappa shape index (κ1) is 33.6. The number of anilines is 1. The van der Waals surface area contributed by atoms with Crippen molar-refractivity contribution in [3.63, 3.8) is 0 Å². The van der Waals surface area contributed by atoms with Gasteiger partial charge in [-0.25, -0.2) is 0 Å². The molecule has 0 spiro atoms. The summed E-state index contributed by atoms with van der Waals surface area (Å²) in [6, 6.07) is 37.4. The number of para-hydroxylation sites is 1. The highest BCUT2D eigenvalue weighted by atomic mass is 14.8. The summed E-state index contributed by atoms with van der Waals surface area (Å²) in [5, 5.41) is 8.70. The topological polar surface area (TPSA) is 12.0 Å². The van der Waals surface area contributed by atoms with Crippen molar-refractivity contribution in [2.45, 2.75) is 38.0 Å². The van der Waals surface area contributed by atoms with Crippen LogP contribution in [0, 0.1) is 0 Å². The van der Waals surface area contributed by atoms with Gasteiger partial charge >= 0.3 is 0 Å². The van der Waals surface area contributed by atoms with E-state index in [0.29, 0.717) is 0 Å². The first-order valence-corrected chi connectivity index (χ1v) is 18.1. The fraction of sp³-hybridized carbons (Fsp3) is 0.120. The van der Waals surface area contributed by atoms with Crippen LogP contribution in [-0.4, -0.2) is 0 Å². The molecule has 1 atom stereocenters. The van der Waals surface area contributed by atoms with Crippen molar-refractivity contribution in [3.05, 3.63) is 222 Å². The van der Waals surface area contributed by atoms with Crippen LogP contribution in [0.5, 0.6) is 0 Å². The number of nitrogens with one attached hydrogen (secondary N) is 1. The standard InChI is InChI=1S/C50H45N/c1-4-7-9-11-23-38-25-15-21-34-46(38)50(45-33-20-14-24-37(45)22-6-3)47(35-36-51-39-26-12-10-13-27-39)44(28-8-5-2)48-42-31-18-16-29-40(42)41-30-17-19-32-43(41)49(48)50/h4-5,7-13,15-21,23,25-36,51H,1-2,6,14,22,24H2,3H3/b9-7-,23-11-,28-8-,36-35+. The number of benzene rings is 5. The van der Waals surface area contributed by atoms with Crippen LogP contribution >= 0.6 is 0 Å². The molecule has 5 aromatic rings. The molecule has 0 saturated heterocycles. The van der Waals surface area contributed by atoms with Crippen molar-refractivity contribution in [3.8, 4) is 0 Å². The Balaban J connectivity index is 1.71. The molecule has 51 heavy (non-hydrogen) atoms. The van der Waals surface area contributed by atoms with Crippen molar-refractivity contribution in [1.29, 1.82) is 0 Å². The minimum atomic E-state index is -0.626. The van der Waals surface area contributed by atoms with Crippen molar-refractivity contribution in [2.75, 3.05) is 5.32 Å². The predicted molar refractivity (Wildman–Crippen MR) is 223 cm³/mol. The van der Waals surface area contributed by atoms with E-state index in [1.165, 1.54) is 66.1 Å². The van der Waals surface area contributed by atoms with Gasteiger partial charge in [0.15, 0.2) is 0 Å². The Kier molecular flexibility index (Phi) is 10.1.